The predicted molar refractivity (Wildman–Crippen MR) is 35.2 cm³/mol. The standard InChI is InChI=1S/C7H12O2/c1-6-4-7(5-6)9-3-2-8/h4,7-8H,2-3,5H2,1H3. The smallest absolute Gasteiger partial charge is 0.0796 e. The van der Waals surface area contributed by atoms with Crippen molar-refractivity contribution in [2.24, 2.45) is 0 Å². The zero-order valence-electron chi connectivity index (χ0n) is 5.63. The summed E-state index contributed by atoms with van der Waals surface area (Å²) in [4.78, 5) is 0. The summed E-state index contributed by atoms with van der Waals surface area (Å²) < 4.78 is 5.17. The summed E-state index contributed by atoms with van der Waals surface area (Å²) in [6.07, 6.45) is 3.41. The van der Waals surface area contributed by atoms with Crippen LogP contribution in [0.1, 0.15) is 13.3 Å². The second-order valence-corrected chi connectivity index (χ2v) is 2.35. The number of aliphatic hydroxyl groups excluding tert-OH is 1. The summed E-state index contributed by atoms with van der Waals surface area (Å²) >= 11 is 0. The van der Waals surface area contributed by atoms with Gasteiger partial charge in [0, 0.05) is 0 Å². The van der Waals surface area contributed by atoms with Gasteiger partial charge in [0.15, 0.2) is 0 Å². The minimum Gasteiger partial charge on any atom is -0.394 e. The molecule has 0 saturated heterocycles. The maximum absolute atomic E-state index is 8.35. The molecule has 2 heteroatoms. The van der Waals surface area contributed by atoms with Crippen LogP contribution in [0.3, 0.4) is 0 Å². The molecule has 52 valence electrons. The summed E-state index contributed by atoms with van der Waals surface area (Å²) in [5.41, 5.74) is 1.39. The molecule has 1 unspecified atom stereocenters. The predicted octanol–water partition coefficient (Wildman–Crippen LogP) is 0.714. The number of rotatable bonds is 3. The maximum atomic E-state index is 8.35. The van der Waals surface area contributed by atoms with Crippen molar-refractivity contribution in [3.05, 3.63) is 11.6 Å². The fourth-order valence-electron chi connectivity index (χ4n) is 0.912. The van der Waals surface area contributed by atoms with Crippen molar-refractivity contribution in [3.8, 4) is 0 Å². The molecule has 1 N–H and O–H groups in total. The SMILES string of the molecule is CC1=CC(OCCO)C1. The molecular formula is C7H12O2. The van der Waals surface area contributed by atoms with E-state index in [-0.39, 0.29) is 12.7 Å². The molecule has 0 fully saturated rings. The molecule has 1 rings (SSSR count). The monoisotopic (exact) mass is 128 g/mol. The van der Waals surface area contributed by atoms with Gasteiger partial charge >= 0.3 is 0 Å². The van der Waals surface area contributed by atoms with Crippen molar-refractivity contribution in [3.63, 3.8) is 0 Å². The van der Waals surface area contributed by atoms with Crippen LogP contribution in [0.4, 0.5) is 0 Å². The summed E-state index contributed by atoms with van der Waals surface area (Å²) in [6, 6.07) is 0. The highest BCUT2D eigenvalue weighted by molar-refractivity contribution is 5.15. The van der Waals surface area contributed by atoms with Crippen molar-refractivity contribution in [2.45, 2.75) is 19.4 Å². The number of hydrogen-bond donors (Lipinski definition) is 1. The van der Waals surface area contributed by atoms with Gasteiger partial charge in [0.2, 0.25) is 0 Å². The molecule has 0 radical (unpaired) electrons. The van der Waals surface area contributed by atoms with E-state index in [4.69, 9.17) is 9.84 Å². The Kier molecular flexibility index (Phi) is 2.25. The average molecular weight is 128 g/mol. The Labute approximate surface area is 55.1 Å². The van der Waals surface area contributed by atoms with Gasteiger partial charge in [-0.1, -0.05) is 11.6 Å². The Balaban J connectivity index is 2.05. The lowest BCUT2D eigenvalue weighted by molar-refractivity contribution is 0.0450. The van der Waals surface area contributed by atoms with Crippen molar-refractivity contribution >= 4 is 0 Å². The van der Waals surface area contributed by atoms with Gasteiger partial charge in [-0.05, 0) is 13.3 Å². The van der Waals surface area contributed by atoms with Crippen molar-refractivity contribution < 1.29 is 9.84 Å². The zero-order valence-corrected chi connectivity index (χ0v) is 5.63. The van der Waals surface area contributed by atoms with Crippen molar-refractivity contribution in [1.29, 1.82) is 0 Å². The molecule has 2 nitrogen and oxygen atoms in total. The van der Waals surface area contributed by atoms with Crippen molar-refractivity contribution in [1.82, 2.24) is 0 Å². The van der Waals surface area contributed by atoms with Gasteiger partial charge in [-0.2, -0.15) is 0 Å². The van der Waals surface area contributed by atoms with E-state index in [1.807, 2.05) is 0 Å². The normalized spacial score (nSPS) is 25.1. The summed E-state index contributed by atoms with van der Waals surface area (Å²) in [5, 5.41) is 8.35. The Hall–Kier alpha value is -0.340. The molecule has 0 aromatic heterocycles. The number of hydrogen-bond acceptors (Lipinski definition) is 2. The van der Waals surface area contributed by atoms with Gasteiger partial charge in [0.1, 0.15) is 0 Å². The van der Waals surface area contributed by atoms with Crippen molar-refractivity contribution in [2.75, 3.05) is 13.2 Å². The molecule has 9 heavy (non-hydrogen) atoms. The summed E-state index contributed by atoms with van der Waals surface area (Å²) in [7, 11) is 0. The average Bonchev–Trinajstić information content (AvgIpc) is 1.78. The highest BCUT2D eigenvalue weighted by atomic mass is 16.5. The van der Waals surface area contributed by atoms with E-state index in [1.165, 1.54) is 5.57 Å². The third kappa shape index (κ3) is 1.80. The van der Waals surface area contributed by atoms with Crippen LogP contribution in [-0.4, -0.2) is 24.4 Å². The minimum absolute atomic E-state index is 0.128. The molecule has 1 aliphatic carbocycles. The molecule has 0 aromatic carbocycles. The van der Waals surface area contributed by atoms with Crippen LogP contribution in [0, 0.1) is 0 Å². The number of aliphatic hydroxyl groups is 1. The Morgan fingerprint density at radius 2 is 2.56 bits per heavy atom. The first-order valence-electron chi connectivity index (χ1n) is 3.22. The van der Waals surface area contributed by atoms with Crippen LogP contribution in [0.2, 0.25) is 0 Å². The molecule has 0 bridgehead atoms. The van der Waals surface area contributed by atoms with E-state index in [9.17, 15) is 0 Å². The second kappa shape index (κ2) is 2.99. The van der Waals surface area contributed by atoms with E-state index in [2.05, 4.69) is 13.0 Å². The van der Waals surface area contributed by atoms with Crippen LogP contribution in [0.5, 0.6) is 0 Å². The fraction of sp³-hybridized carbons (Fsp3) is 0.714. The molecule has 0 spiro atoms. The first-order chi connectivity index (χ1) is 4.33. The number of ether oxygens (including phenoxy) is 1. The Morgan fingerprint density at radius 1 is 1.89 bits per heavy atom. The largest absolute Gasteiger partial charge is 0.394 e. The van der Waals surface area contributed by atoms with E-state index in [1.54, 1.807) is 0 Å². The Bertz CT molecular complexity index is 118. The van der Waals surface area contributed by atoms with Gasteiger partial charge in [-0.25, -0.2) is 0 Å². The molecule has 0 heterocycles. The third-order valence-corrected chi connectivity index (χ3v) is 1.42. The topological polar surface area (TPSA) is 29.5 Å². The quantitative estimate of drug-likeness (QED) is 0.567. The lowest BCUT2D eigenvalue weighted by Crippen LogP contribution is -2.20. The molecule has 0 aromatic rings. The van der Waals surface area contributed by atoms with Gasteiger partial charge in [-0.3, -0.25) is 0 Å². The molecule has 0 aliphatic heterocycles. The lowest BCUT2D eigenvalue weighted by atomic mass is 9.98. The van der Waals surface area contributed by atoms with Crippen LogP contribution < -0.4 is 0 Å². The molecular weight excluding hydrogens is 116 g/mol. The minimum atomic E-state index is 0.128. The fourth-order valence-corrected chi connectivity index (χ4v) is 0.912. The van der Waals surface area contributed by atoms with Gasteiger partial charge in [-0.15, -0.1) is 0 Å². The molecule has 1 aliphatic rings. The maximum Gasteiger partial charge on any atom is 0.0796 e. The summed E-state index contributed by atoms with van der Waals surface area (Å²) in [5.74, 6) is 0. The van der Waals surface area contributed by atoms with E-state index in [0.29, 0.717) is 6.61 Å². The van der Waals surface area contributed by atoms with Crippen LogP contribution in [0.25, 0.3) is 0 Å². The van der Waals surface area contributed by atoms with Gasteiger partial charge < -0.3 is 9.84 Å². The zero-order chi connectivity index (χ0) is 6.69. The van der Waals surface area contributed by atoms with E-state index < -0.39 is 0 Å². The molecule has 1 atom stereocenters. The van der Waals surface area contributed by atoms with Crippen LogP contribution in [0.15, 0.2) is 11.6 Å². The van der Waals surface area contributed by atoms with E-state index in [0.717, 1.165) is 6.42 Å². The van der Waals surface area contributed by atoms with Gasteiger partial charge in [0.25, 0.3) is 0 Å². The van der Waals surface area contributed by atoms with Crippen LogP contribution in [-0.2, 0) is 4.74 Å². The summed E-state index contributed by atoms with van der Waals surface area (Å²) in [6.45, 7) is 2.68. The highest BCUT2D eigenvalue weighted by Gasteiger charge is 2.14. The molecule has 0 saturated carbocycles. The second-order valence-electron chi connectivity index (χ2n) is 2.35. The highest BCUT2D eigenvalue weighted by Crippen LogP contribution is 2.20. The molecule has 0 amide bonds. The van der Waals surface area contributed by atoms with E-state index >= 15 is 0 Å². The lowest BCUT2D eigenvalue weighted by Gasteiger charge is -2.22. The first-order valence-corrected chi connectivity index (χ1v) is 3.22. The van der Waals surface area contributed by atoms with Crippen LogP contribution >= 0.6 is 0 Å². The third-order valence-electron chi connectivity index (χ3n) is 1.42. The first kappa shape index (κ1) is 6.78. The van der Waals surface area contributed by atoms with Gasteiger partial charge in [0.05, 0.1) is 19.3 Å². The Morgan fingerprint density at radius 3 is 3.00 bits per heavy atom.